The Balaban J connectivity index is 1.81. The molecule has 1 nitrogen and oxygen atoms in total. The van der Waals surface area contributed by atoms with E-state index in [-0.39, 0.29) is 17.8 Å². The van der Waals surface area contributed by atoms with Crippen molar-refractivity contribution in [2.45, 2.75) is 23.3 Å². The van der Waals surface area contributed by atoms with E-state index in [1.807, 2.05) is 12.1 Å². The Morgan fingerprint density at radius 3 is 2.85 bits per heavy atom. The van der Waals surface area contributed by atoms with E-state index < -0.39 is 5.82 Å². The van der Waals surface area contributed by atoms with Gasteiger partial charge in [-0.25, -0.2) is 8.78 Å². The monoisotopic (exact) mass is 291 g/mol. The summed E-state index contributed by atoms with van der Waals surface area (Å²) in [6, 6.07) is 11.5. The van der Waals surface area contributed by atoms with E-state index in [4.69, 9.17) is 5.73 Å². The van der Waals surface area contributed by atoms with Gasteiger partial charge in [0.25, 0.3) is 0 Å². The lowest BCUT2D eigenvalue weighted by Gasteiger charge is -2.20. The number of fused-ring (bicyclic) bond motifs is 1. The molecule has 0 aliphatic carbocycles. The maximum absolute atomic E-state index is 13.7. The summed E-state index contributed by atoms with van der Waals surface area (Å²) in [5, 5.41) is 0. The van der Waals surface area contributed by atoms with Crippen molar-refractivity contribution in [2.75, 3.05) is 5.75 Å². The fourth-order valence-electron chi connectivity index (χ4n) is 2.64. The molecule has 0 radical (unpaired) electrons. The molecule has 2 aromatic carbocycles. The Hall–Kier alpha value is -1.39. The van der Waals surface area contributed by atoms with Gasteiger partial charge in [-0.15, -0.1) is 11.8 Å². The van der Waals surface area contributed by atoms with Gasteiger partial charge in [0.2, 0.25) is 0 Å². The van der Waals surface area contributed by atoms with Crippen molar-refractivity contribution in [3.8, 4) is 0 Å². The van der Waals surface area contributed by atoms with E-state index >= 15 is 0 Å². The van der Waals surface area contributed by atoms with Crippen LogP contribution < -0.4 is 5.73 Å². The lowest BCUT2D eigenvalue weighted by Crippen LogP contribution is -2.31. The summed E-state index contributed by atoms with van der Waals surface area (Å²) in [5.74, 6) is 0.284. The predicted molar refractivity (Wildman–Crippen MR) is 77.9 cm³/mol. The second kappa shape index (κ2) is 5.54. The number of halogens is 2. The van der Waals surface area contributed by atoms with Crippen molar-refractivity contribution < 1.29 is 8.78 Å². The molecule has 2 unspecified atom stereocenters. The van der Waals surface area contributed by atoms with Gasteiger partial charge < -0.3 is 5.73 Å². The minimum absolute atomic E-state index is 0.193. The molecule has 0 bridgehead atoms. The van der Waals surface area contributed by atoms with Crippen LogP contribution in [-0.2, 0) is 6.42 Å². The highest BCUT2D eigenvalue weighted by atomic mass is 32.2. The first-order valence-corrected chi connectivity index (χ1v) is 7.55. The van der Waals surface area contributed by atoms with E-state index in [0.29, 0.717) is 12.0 Å². The Morgan fingerprint density at radius 2 is 2.00 bits per heavy atom. The summed E-state index contributed by atoms with van der Waals surface area (Å²) >= 11 is 1.77. The van der Waals surface area contributed by atoms with Crippen molar-refractivity contribution in [1.29, 1.82) is 0 Å². The van der Waals surface area contributed by atoms with E-state index in [1.165, 1.54) is 16.5 Å². The van der Waals surface area contributed by atoms with Gasteiger partial charge in [0, 0.05) is 22.6 Å². The Morgan fingerprint density at radius 1 is 1.20 bits per heavy atom. The third-order valence-electron chi connectivity index (χ3n) is 3.72. The molecule has 4 heteroatoms. The van der Waals surface area contributed by atoms with Crippen LogP contribution in [0.5, 0.6) is 0 Å². The summed E-state index contributed by atoms with van der Waals surface area (Å²) < 4.78 is 26.9. The van der Waals surface area contributed by atoms with Gasteiger partial charge in [0.05, 0.1) is 0 Å². The van der Waals surface area contributed by atoms with Crippen LogP contribution in [0.2, 0.25) is 0 Å². The summed E-state index contributed by atoms with van der Waals surface area (Å²) in [5.41, 5.74) is 7.82. The van der Waals surface area contributed by atoms with Crippen molar-refractivity contribution in [1.82, 2.24) is 0 Å². The second-order valence-corrected chi connectivity index (χ2v) is 6.12. The molecule has 2 atom stereocenters. The number of nitrogens with two attached hydrogens (primary N) is 1. The van der Waals surface area contributed by atoms with Gasteiger partial charge in [-0.2, -0.15) is 0 Å². The lowest BCUT2D eigenvalue weighted by molar-refractivity contribution is 0.536. The van der Waals surface area contributed by atoms with Crippen LogP contribution in [0.25, 0.3) is 0 Å². The fourth-order valence-corrected chi connectivity index (χ4v) is 3.98. The fraction of sp³-hybridized carbons (Fsp3) is 0.250. The molecule has 0 amide bonds. The molecule has 20 heavy (non-hydrogen) atoms. The van der Waals surface area contributed by atoms with E-state index in [9.17, 15) is 8.78 Å². The first-order chi connectivity index (χ1) is 9.65. The molecular weight excluding hydrogens is 276 g/mol. The van der Waals surface area contributed by atoms with Gasteiger partial charge in [0.1, 0.15) is 11.6 Å². The average molecular weight is 291 g/mol. The summed E-state index contributed by atoms with van der Waals surface area (Å²) in [4.78, 5) is 1.24. The SMILES string of the molecule is NC(Cc1cc(F)ccc1F)C1CSc2ccccc21. The summed E-state index contributed by atoms with van der Waals surface area (Å²) in [6.45, 7) is 0. The van der Waals surface area contributed by atoms with Gasteiger partial charge in [-0.05, 0) is 41.8 Å². The van der Waals surface area contributed by atoms with Crippen molar-refractivity contribution in [2.24, 2.45) is 5.73 Å². The predicted octanol–water partition coefficient (Wildman–Crippen LogP) is 3.72. The molecular formula is C16H15F2NS. The van der Waals surface area contributed by atoms with E-state index in [1.54, 1.807) is 11.8 Å². The largest absolute Gasteiger partial charge is 0.327 e. The molecule has 0 saturated carbocycles. The highest BCUT2D eigenvalue weighted by Crippen LogP contribution is 2.41. The number of hydrogen-bond donors (Lipinski definition) is 1. The molecule has 0 spiro atoms. The van der Waals surface area contributed by atoms with Crippen LogP contribution >= 0.6 is 11.8 Å². The smallest absolute Gasteiger partial charge is 0.126 e. The highest BCUT2D eigenvalue weighted by Gasteiger charge is 2.28. The highest BCUT2D eigenvalue weighted by molar-refractivity contribution is 7.99. The van der Waals surface area contributed by atoms with Crippen LogP contribution in [0.1, 0.15) is 17.0 Å². The van der Waals surface area contributed by atoms with Crippen LogP contribution in [0.4, 0.5) is 8.78 Å². The van der Waals surface area contributed by atoms with Crippen LogP contribution in [0.3, 0.4) is 0 Å². The molecule has 0 aromatic heterocycles. The minimum atomic E-state index is -0.421. The molecule has 3 rings (SSSR count). The van der Waals surface area contributed by atoms with Gasteiger partial charge in [-0.1, -0.05) is 18.2 Å². The topological polar surface area (TPSA) is 26.0 Å². The number of rotatable bonds is 3. The zero-order chi connectivity index (χ0) is 14.1. The third-order valence-corrected chi connectivity index (χ3v) is 4.93. The first kappa shape index (κ1) is 13.6. The van der Waals surface area contributed by atoms with Crippen molar-refractivity contribution in [3.05, 3.63) is 65.2 Å². The maximum Gasteiger partial charge on any atom is 0.126 e. The van der Waals surface area contributed by atoms with Crippen molar-refractivity contribution in [3.63, 3.8) is 0 Å². The molecule has 2 N–H and O–H groups in total. The Labute approximate surface area is 121 Å². The number of thioether (sulfide) groups is 1. The van der Waals surface area contributed by atoms with Crippen LogP contribution in [0, 0.1) is 11.6 Å². The van der Waals surface area contributed by atoms with Crippen LogP contribution in [0.15, 0.2) is 47.4 Å². The first-order valence-electron chi connectivity index (χ1n) is 6.56. The quantitative estimate of drug-likeness (QED) is 0.932. The van der Waals surface area contributed by atoms with Gasteiger partial charge >= 0.3 is 0 Å². The van der Waals surface area contributed by atoms with Gasteiger partial charge in [0.15, 0.2) is 0 Å². The summed E-state index contributed by atoms with van der Waals surface area (Å²) in [7, 11) is 0. The lowest BCUT2D eigenvalue weighted by atomic mass is 9.89. The van der Waals surface area contributed by atoms with E-state index in [0.717, 1.165) is 17.9 Å². The standard InChI is InChI=1S/C16H15F2NS/c17-11-5-6-14(18)10(7-11)8-15(19)13-9-20-16-4-2-1-3-12(13)16/h1-7,13,15H,8-9,19H2. The third kappa shape index (κ3) is 2.58. The Kier molecular flexibility index (Phi) is 3.76. The summed E-state index contributed by atoms with van der Waals surface area (Å²) in [6.07, 6.45) is 0.350. The van der Waals surface area contributed by atoms with Crippen LogP contribution in [-0.4, -0.2) is 11.8 Å². The normalized spacial score (nSPS) is 18.9. The molecule has 104 valence electrons. The average Bonchev–Trinajstić information content (AvgIpc) is 2.87. The maximum atomic E-state index is 13.7. The zero-order valence-corrected chi connectivity index (χ0v) is 11.7. The Bertz CT molecular complexity index is 630. The molecule has 0 fully saturated rings. The van der Waals surface area contributed by atoms with Gasteiger partial charge in [-0.3, -0.25) is 0 Å². The zero-order valence-electron chi connectivity index (χ0n) is 10.9. The number of benzene rings is 2. The molecule has 1 heterocycles. The molecule has 2 aromatic rings. The minimum Gasteiger partial charge on any atom is -0.327 e. The molecule has 1 aliphatic rings. The molecule has 0 saturated heterocycles. The number of hydrogen-bond acceptors (Lipinski definition) is 2. The molecule has 1 aliphatic heterocycles. The van der Waals surface area contributed by atoms with E-state index in [2.05, 4.69) is 12.1 Å². The van der Waals surface area contributed by atoms with Crippen molar-refractivity contribution >= 4 is 11.8 Å². The second-order valence-electron chi connectivity index (χ2n) is 5.06.